The van der Waals surface area contributed by atoms with Crippen LogP contribution >= 0.6 is 0 Å². The average Bonchev–Trinajstić information content (AvgIpc) is 3.05. The van der Waals surface area contributed by atoms with E-state index in [1.54, 1.807) is 18.2 Å². The van der Waals surface area contributed by atoms with Gasteiger partial charge in [-0.05, 0) is 60.1 Å². The van der Waals surface area contributed by atoms with E-state index in [0.717, 1.165) is 22.3 Å². The van der Waals surface area contributed by atoms with E-state index in [1.165, 1.54) is 4.90 Å². The van der Waals surface area contributed by atoms with Crippen LogP contribution in [0, 0.1) is 13.8 Å². The lowest BCUT2D eigenvalue weighted by molar-refractivity contribution is 0.0919. The standard InChI is InChI=1S/C29H30N2O3/c1-16(2)20-12-8-13-21(17(3)4)26(20)31-28(33)23-15-9-14-22(24(23)29(31)34)27(32)30-25-18(5)10-7-11-19(25)6/h7-17H,1-6H3,(H,30,32). The van der Waals surface area contributed by atoms with Gasteiger partial charge in [-0.25, -0.2) is 4.90 Å². The van der Waals surface area contributed by atoms with Gasteiger partial charge in [0.2, 0.25) is 0 Å². The average molecular weight is 455 g/mol. The van der Waals surface area contributed by atoms with Gasteiger partial charge in [0.25, 0.3) is 17.7 Å². The zero-order valence-electron chi connectivity index (χ0n) is 20.5. The molecule has 0 atom stereocenters. The Kier molecular flexibility index (Phi) is 6.13. The summed E-state index contributed by atoms with van der Waals surface area (Å²) in [5.74, 6) is -1.02. The lowest BCUT2D eigenvalue weighted by atomic mass is 9.92. The Bertz CT molecular complexity index is 1270. The number of carbonyl (C=O) groups is 3. The third-order valence-corrected chi connectivity index (χ3v) is 6.45. The molecule has 0 saturated carbocycles. The van der Waals surface area contributed by atoms with Crippen LogP contribution in [0.5, 0.6) is 0 Å². The van der Waals surface area contributed by atoms with Crippen molar-refractivity contribution in [2.24, 2.45) is 0 Å². The molecular formula is C29H30N2O3. The minimum absolute atomic E-state index is 0.116. The summed E-state index contributed by atoms with van der Waals surface area (Å²) in [6.45, 7) is 12.0. The Morgan fingerprint density at radius 1 is 0.765 bits per heavy atom. The molecule has 3 aromatic rings. The minimum Gasteiger partial charge on any atom is -0.321 e. The van der Waals surface area contributed by atoms with Crippen LogP contribution in [0.1, 0.15) is 92.9 Å². The number of hydrogen-bond acceptors (Lipinski definition) is 3. The van der Waals surface area contributed by atoms with E-state index in [4.69, 9.17) is 0 Å². The van der Waals surface area contributed by atoms with Crippen LogP contribution in [-0.4, -0.2) is 17.7 Å². The van der Waals surface area contributed by atoms with E-state index in [-0.39, 0.29) is 28.5 Å². The maximum Gasteiger partial charge on any atom is 0.266 e. The van der Waals surface area contributed by atoms with E-state index >= 15 is 0 Å². The maximum absolute atomic E-state index is 13.8. The monoisotopic (exact) mass is 454 g/mol. The fourth-order valence-corrected chi connectivity index (χ4v) is 4.64. The molecule has 4 rings (SSSR count). The van der Waals surface area contributed by atoms with Crippen molar-refractivity contribution in [1.82, 2.24) is 0 Å². The highest BCUT2D eigenvalue weighted by atomic mass is 16.2. The van der Waals surface area contributed by atoms with Gasteiger partial charge < -0.3 is 5.32 Å². The van der Waals surface area contributed by atoms with Gasteiger partial charge in [-0.15, -0.1) is 0 Å². The van der Waals surface area contributed by atoms with Crippen molar-refractivity contribution in [1.29, 1.82) is 0 Å². The van der Waals surface area contributed by atoms with Gasteiger partial charge in [0.15, 0.2) is 0 Å². The van der Waals surface area contributed by atoms with E-state index in [1.807, 2.05) is 77.9 Å². The molecule has 1 aliphatic heterocycles. The fourth-order valence-electron chi connectivity index (χ4n) is 4.64. The molecule has 0 saturated heterocycles. The Labute approximate surface area is 200 Å². The van der Waals surface area contributed by atoms with E-state index < -0.39 is 17.7 Å². The first-order chi connectivity index (χ1) is 16.1. The largest absolute Gasteiger partial charge is 0.321 e. The lowest BCUT2D eigenvalue weighted by Crippen LogP contribution is -2.32. The Morgan fingerprint density at radius 2 is 1.29 bits per heavy atom. The van der Waals surface area contributed by atoms with Crippen molar-refractivity contribution in [3.63, 3.8) is 0 Å². The SMILES string of the molecule is Cc1cccc(C)c1NC(=O)c1cccc2c1C(=O)N(c1c(C(C)C)cccc1C(C)C)C2=O. The highest BCUT2D eigenvalue weighted by Crippen LogP contribution is 2.40. The third kappa shape index (κ3) is 3.81. The first-order valence-electron chi connectivity index (χ1n) is 11.7. The van der Waals surface area contributed by atoms with Crippen molar-refractivity contribution in [3.8, 4) is 0 Å². The highest BCUT2D eigenvalue weighted by Gasteiger charge is 2.41. The second kappa shape index (κ2) is 8.90. The number of hydrogen-bond donors (Lipinski definition) is 1. The molecule has 0 radical (unpaired) electrons. The van der Waals surface area contributed by atoms with E-state index in [2.05, 4.69) is 5.32 Å². The molecule has 3 aromatic carbocycles. The molecule has 0 spiro atoms. The molecule has 1 heterocycles. The number of fused-ring (bicyclic) bond motifs is 1. The Balaban J connectivity index is 1.82. The fraction of sp³-hybridized carbons (Fsp3) is 0.276. The minimum atomic E-state index is -0.456. The van der Waals surface area contributed by atoms with Crippen LogP contribution in [0.3, 0.4) is 0 Å². The van der Waals surface area contributed by atoms with Gasteiger partial charge in [-0.2, -0.15) is 0 Å². The molecule has 1 aliphatic rings. The molecule has 5 heteroatoms. The number of rotatable bonds is 5. The van der Waals surface area contributed by atoms with Gasteiger partial charge in [-0.3, -0.25) is 14.4 Å². The van der Waals surface area contributed by atoms with Gasteiger partial charge >= 0.3 is 0 Å². The first kappa shape index (κ1) is 23.4. The second-order valence-corrected chi connectivity index (χ2v) is 9.49. The summed E-state index contributed by atoms with van der Waals surface area (Å²) in [4.78, 5) is 42.0. The quantitative estimate of drug-likeness (QED) is 0.442. The zero-order chi connectivity index (χ0) is 24.7. The zero-order valence-corrected chi connectivity index (χ0v) is 20.5. The number of imide groups is 1. The van der Waals surface area contributed by atoms with Gasteiger partial charge in [0.1, 0.15) is 0 Å². The summed E-state index contributed by atoms with van der Waals surface area (Å²) in [6, 6.07) is 16.6. The number of aryl methyl sites for hydroxylation is 2. The number of para-hydroxylation sites is 2. The van der Waals surface area contributed by atoms with Gasteiger partial charge in [-0.1, -0.05) is 70.2 Å². The van der Waals surface area contributed by atoms with Gasteiger partial charge in [0, 0.05) is 5.69 Å². The lowest BCUT2D eigenvalue weighted by Gasteiger charge is -2.25. The number of anilines is 2. The summed E-state index contributed by atoms with van der Waals surface area (Å²) in [6.07, 6.45) is 0. The molecule has 1 N–H and O–H groups in total. The van der Waals surface area contributed by atoms with E-state index in [0.29, 0.717) is 11.4 Å². The molecule has 3 amide bonds. The van der Waals surface area contributed by atoms with Crippen molar-refractivity contribution in [3.05, 3.63) is 93.5 Å². The molecule has 174 valence electrons. The third-order valence-electron chi connectivity index (χ3n) is 6.45. The van der Waals surface area contributed by atoms with Crippen LogP contribution in [0.25, 0.3) is 0 Å². The van der Waals surface area contributed by atoms with Crippen molar-refractivity contribution >= 4 is 29.1 Å². The van der Waals surface area contributed by atoms with Gasteiger partial charge in [0.05, 0.1) is 22.4 Å². The maximum atomic E-state index is 13.8. The normalized spacial score (nSPS) is 13.1. The molecule has 34 heavy (non-hydrogen) atoms. The first-order valence-corrected chi connectivity index (χ1v) is 11.7. The molecule has 0 bridgehead atoms. The number of amides is 3. The van der Waals surface area contributed by atoms with E-state index in [9.17, 15) is 14.4 Å². The van der Waals surface area contributed by atoms with Crippen LogP contribution in [0.2, 0.25) is 0 Å². The summed E-state index contributed by atoms with van der Waals surface area (Å²) >= 11 is 0. The Hall–Kier alpha value is -3.73. The van der Waals surface area contributed by atoms with Crippen LogP contribution < -0.4 is 10.2 Å². The molecule has 0 aliphatic carbocycles. The predicted octanol–water partition coefficient (Wildman–Crippen LogP) is 6.60. The van der Waals surface area contributed by atoms with Crippen molar-refractivity contribution < 1.29 is 14.4 Å². The van der Waals surface area contributed by atoms with Crippen LogP contribution in [-0.2, 0) is 0 Å². The molecule has 5 nitrogen and oxygen atoms in total. The Morgan fingerprint density at radius 3 is 1.85 bits per heavy atom. The van der Waals surface area contributed by atoms with Crippen molar-refractivity contribution in [2.45, 2.75) is 53.4 Å². The van der Waals surface area contributed by atoms with Crippen molar-refractivity contribution in [2.75, 3.05) is 10.2 Å². The number of carbonyl (C=O) groups excluding carboxylic acids is 3. The van der Waals surface area contributed by atoms with Crippen LogP contribution in [0.4, 0.5) is 11.4 Å². The summed E-state index contributed by atoms with van der Waals surface area (Å²) in [5.41, 5.74) is 5.69. The number of nitrogens with zero attached hydrogens (tertiary/aromatic N) is 1. The highest BCUT2D eigenvalue weighted by molar-refractivity contribution is 6.37. The molecule has 0 aromatic heterocycles. The van der Waals surface area contributed by atoms with Crippen LogP contribution in [0.15, 0.2) is 54.6 Å². The number of nitrogens with one attached hydrogen (secondary N) is 1. The smallest absolute Gasteiger partial charge is 0.266 e. The summed E-state index contributed by atoms with van der Waals surface area (Å²) in [7, 11) is 0. The second-order valence-electron chi connectivity index (χ2n) is 9.49. The summed E-state index contributed by atoms with van der Waals surface area (Å²) in [5, 5.41) is 2.95. The topological polar surface area (TPSA) is 66.5 Å². The molecule has 0 fully saturated rings. The predicted molar refractivity (Wildman–Crippen MR) is 136 cm³/mol. The number of benzene rings is 3. The molecule has 0 unspecified atom stereocenters. The summed E-state index contributed by atoms with van der Waals surface area (Å²) < 4.78 is 0. The molecular weight excluding hydrogens is 424 g/mol.